The summed E-state index contributed by atoms with van der Waals surface area (Å²) in [5, 5.41) is 20.5. The quantitative estimate of drug-likeness (QED) is 0.625. The number of carbonyl (C=O) groups excluding carboxylic acids is 1. The molecule has 3 aromatic rings. The number of amides is 1. The fraction of sp³-hybridized carbons (Fsp3) is 0.176. The van der Waals surface area contributed by atoms with Gasteiger partial charge in [-0.1, -0.05) is 48.2 Å². The van der Waals surface area contributed by atoms with E-state index in [9.17, 15) is 14.7 Å². The lowest BCUT2D eigenvalue weighted by Gasteiger charge is -2.14. The fourth-order valence-corrected chi connectivity index (χ4v) is 3.07. The van der Waals surface area contributed by atoms with Crippen LogP contribution in [0.1, 0.15) is 5.56 Å². The second-order valence-electron chi connectivity index (χ2n) is 5.35. The molecule has 1 atom stereocenters. The van der Waals surface area contributed by atoms with Crippen molar-refractivity contribution in [2.75, 3.05) is 5.75 Å². The maximum Gasteiger partial charge on any atom is 0.326 e. The highest BCUT2D eigenvalue weighted by Gasteiger charge is 2.20. The lowest BCUT2D eigenvalue weighted by Crippen LogP contribution is -2.43. The molecule has 1 amide bonds. The number of nitrogens with one attached hydrogen (secondary N) is 1. The topological polar surface area (TPSA) is 96.6 Å². The van der Waals surface area contributed by atoms with Gasteiger partial charge in [-0.3, -0.25) is 9.20 Å². The van der Waals surface area contributed by atoms with Crippen LogP contribution in [-0.2, 0) is 16.0 Å². The first-order chi connectivity index (χ1) is 12.1. The van der Waals surface area contributed by atoms with Gasteiger partial charge in [-0.2, -0.15) is 0 Å². The minimum atomic E-state index is -1.06. The molecule has 1 unspecified atom stereocenters. The Bertz CT molecular complexity index is 882. The van der Waals surface area contributed by atoms with Gasteiger partial charge in [-0.05, 0) is 17.7 Å². The van der Waals surface area contributed by atoms with Crippen LogP contribution in [0.15, 0.2) is 59.9 Å². The number of carbonyl (C=O) groups is 2. The molecule has 2 N–H and O–H groups in total. The summed E-state index contributed by atoms with van der Waals surface area (Å²) in [5.41, 5.74) is 1.55. The van der Waals surface area contributed by atoms with Gasteiger partial charge in [0, 0.05) is 12.6 Å². The molecule has 0 bridgehead atoms. The third kappa shape index (κ3) is 4.36. The Morgan fingerprint density at radius 3 is 2.64 bits per heavy atom. The zero-order valence-corrected chi connectivity index (χ0v) is 14.0. The standard InChI is InChI=1S/C17H16N4O3S/c22-15(11-25-17-20-19-14-8-4-5-9-21(14)17)18-13(16(23)24)10-12-6-2-1-3-7-12/h1-9,13H,10-11H2,(H,18,22)(H,23,24). The van der Waals surface area contributed by atoms with Crippen molar-refractivity contribution in [2.45, 2.75) is 17.6 Å². The number of carboxylic acid groups (broad SMARTS) is 1. The Morgan fingerprint density at radius 2 is 1.88 bits per heavy atom. The fourth-order valence-electron chi connectivity index (χ4n) is 2.33. The van der Waals surface area contributed by atoms with Gasteiger partial charge >= 0.3 is 5.97 Å². The van der Waals surface area contributed by atoms with Gasteiger partial charge in [-0.25, -0.2) is 4.79 Å². The van der Waals surface area contributed by atoms with Crippen molar-refractivity contribution in [3.05, 3.63) is 60.3 Å². The number of nitrogens with zero attached hydrogens (tertiary/aromatic N) is 3. The van der Waals surface area contributed by atoms with Crippen molar-refractivity contribution in [1.29, 1.82) is 0 Å². The summed E-state index contributed by atoms with van der Waals surface area (Å²) in [6.07, 6.45) is 2.05. The maximum absolute atomic E-state index is 12.1. The van der Waals surface area contributed by atoms with E-state index in [1.165, 1.54) is 11.8 Å². The van der Waals surface area contributed by atoms with E-state index in [4.69, 9.17) is 0 Å². The van der Waals surface area contributed by atoms with Gasteiger partial charge in [0.05, 0.1) is 5.75 Å². The number of aromatic nitrogens is 3. The summed E-state index contributed by atoms with van der Waals surface area (Å²) < 4.78 is 1.77. The highest BCUT2D eigenvalue weighted by atomic mass is 32.2. The maximum atomic E-state index is 12.1. The first-order valence-electron chi connectivity index (χ1n) is 7.62. The lowest BCUT2D eigenvalue weighted by molar-refractivity contribution is -0.141. The zero-order chi connectivity index (χ0) is 17.6. The molecule has 0 spiro atoms. The van der Waals surface area contributed by atoms with Crippen molar-refractivity contribution in [3.63, 3.8) is 0 Å². The molecule has 0 saturated heterocycles. The molecular formula is C17H16N4O3S. The number of benzene rings is 1. The molecule has 7 nitrogen and oxygen atoms in total. The first kappa shape index (κ1) is 17.0. The number of rotatable bonds is 7. The van der Waals surface area contributed by atoms with Crippen LogP contribution in [0.3, 0.4) is 0 Å². The average Bonchev–Trinajstić information content (AvgIpc) is 3.03. The molecule has 0 aliphatic rings. The summed E-state index contributed by atoms with van der Waals surface area (Å²) in [5.74, 6) is -1.36. The Balaban J connectivity index is 1.59. The average molecular weight is 356 g/mol. The molecule has 0 aliphatic heterocycles. The minimum Gasteiger partial charge on any atom is -0.480 e. The second kappa shape index (κ2) is 7.80. The monoisotopic (exact) mass is 356 g/mol. The SMILES string of the molecule is O=C(CSc1nnc2ccccn12)NC(Cc1ccccc1)C(=O)O. The number of hydrogen-bond acceptors (Lipinski definition) is 5. The highest BCUT2D eigenvalue weighted by molar-refractivity contribution is 7.99. The van der Waals surface area contributed by atoms with Gasteiger partial charge < -0.3 is 10.4 Å². The summed E-state index contributed by atoms with van der Waals surface area (Å²) in [7, 11) is 0. The van der Waals surface area contributed by atoms with Crippen molar-refractivity contribution in [2.24, 2.45) is 0 Å². The number of pyridine rings is 1. The van der Waals surface area contributed by atoms with Crippen LogP contribution in [0.5, 0.6) is 0 Å². The Labute approximate surface area is 148 Å². The van der Waals surface area contributed by atoms with Crippen LogP contribution >= 0.6 is 11.8 Å². The normalized spacial score (nSPS) is 12.0. The highest BCUT2D eigenvalue weighted by Crippen LogP contribution is 2.16. The van der Waals surface area contributed by atoms with Gasteiger partial charge in [0.25, 0.3) is 0 Å². The minimum absolute atomic E-state index is 0.0637. The van der Waals surface area contributed by atoms with E-state index in [0.717, 1.165) is 5.56 Å². The summed E-state index contributed by atoms with van der Waals surface area (Å²) >= 11 is 1.21. The number of fused-ring (bicyclic) bond motifs is 1. The number of carboxylic acids is 1. The largest absolute Gasteiger partial charge is 0.480 e. The van der Waals surface area contributed by atoms with Crippen LogP contribution in [0.4, 0.5) is 0 Å². The van der Waals surface area contributed by atoms with Gasteiger partial charge in [0.2, 0.25) is 5.91 Å². The third-order valence-electron chi connectivity index (χ3n) is 3.53. The Morgan fingerprint density at radius 1 is 1.12 bits per heavy atom. The Kier molecular flexibility index (Phi) is 5.30. The Hall–Kier alpha value is -2.87. The van der Waals surface area contributed by atoms with Crippen LogP contribution in [-0.4, -0.2) is 43.4 Å². The zero-order valence-electron chi connectivity index (χ0n) is 13.2. The molecule has 3 rings (SSSR count). The van der Waals surface area contributed by atoms with Gasteiger partial charge in [0.15, 0.2) is 10.8 Å². The van der Waals surface area contributed by atoms with E-state index in [1.807, 2.05) is 54.7 Å². The summed E-state index contributed by atoms with van der Waals surface area (Å²) in [4.78, 5) is 23.5. The van der Waals surface area contributed by atoms with Crippen molar-refractivity contribution >= 4 is 29.3 Å². The van der Waals surface area contributed by atoms with Crippen LogP contribution in [0.2, 0.25) is 0 Å². The first-order valence-corrected chi connectivity index (χ1v) is 8.60. The van der Waals surface area contributed by atoms with E-state index >= 15 is 0 Å². The van der Waals surface area contributed by atoms with Crippen molar-refractivity contribution in [3.8, 4) is 0 Å². The summed E-state index contributed by atoms with van der Waals surface area (Å²) in [6, 6.07) is 13.7. The predicted octanol–water partition coefficient (Wildman–Crippen LogP) is 1.63. The van der Waals surface area contributed by atoms with E-state index in [2.05, 4.69) is 15.5 Å². The molecule has 0 fully saturated rings. The van der Waals surface area contributed by atoms with E-state index in [1.54, 1.807) is 4.40 Å². The number of thioether (sulfide) groups is 1. The lowest BCUT2D eigenvalue weighted by atomic mass is 10.1. The van der Waals surface area contributed by atoms with Gasteiger partial charge in [0.1, 0.15) is 6.04 Å². The molecule has 2 aromatic heterocycles. The predicted molar refractivity (Wildman–Crippen MR) is 93.4 cm³/mol. The van der Waals surface area contributed by atoms with Crippen LogP contribution < -0.4 is 5.32 Å². The molecular weight excluding hydrogens is 340 g/mol. The molecule has 0 aliphatic carbocycles. The number of hydrogen-bond donors (Lipinski definition) is 2. The van der Waals surface area contributed by atoms with Crippen LogP contribution in [0, 0.1) is 0 Å². The van der Waals surface area contributed by atoms with Gasteiger partial charge in [-0.15, -0.1) is 10.2 Å². The molecule has 0 radical (unpaired) electrons. The molecule has 25 heavy (non-hydrogen) atoms. The van der Waals surface area contributed by atoms with Crippen molar-refractivity contribution < 1.29 is 14.7 Å². The number of aliphatic carboxylic acids is 1. The molecule has 128 valence electrons. The molecule has 0 saturated carbocycles. The smallest absolute Gasteiger partial charge is 0.326 e. The van der Waals surface area contributed by atoms with E-state index < -0.39 is 12.0 Å². The third-order valence-corrected chi connectivity index (χ3v) is 4.47. The molecule has 8 heteroatoms. The molecule has 1 aromatic carbocycles. The van der Waals surface area contributed by atoms with Crippen LogP contribution in [0.25, 0.3) is 5.65 Å². The second-order valence-corrected chi connectivity index (χ2v) is 6.29. The van der Waals surface area contributed by atoms with E-state index in [0.29, 0.717) is 10.8 Å². The van der Waals surface area contributed by atoms with Crippen molar-refractivity contribution in [1.82, 2.24) is 19.9 Å². The van der Waals surface area contributed by atoms with E-state index in [-0.39, 0.29) is 18.1 Å². The summed E-state index contributed by atoms with van der Waals surface area (Å²) in [6.45, 7) is 0. The molecule has 2 heterocycles.